The number of carbonyl (C=O) groups excluding carboxylic acids is 2. The van der Waals surface area contributed by atoms with Crippen LogP contribution in [0, 0.1) is 0 Å². The van der Waals surface area contributed by atoms with E-state index in [4.69, 9.17) is 18.9 Å². The van der Waals surface area contributed by atoms with Crippen LogP contribution in [-0.2, 0) is 18.9 Å². The normalized spacial score (nSPS) is 26.5. The molecule has 29 heavy (non-hydrogen) atoms. The van der Waals surface area contributed by atoms with E-state index in [1.165, 1.54) is 7.11 Å². The van der Waals surface area contributed by atoms with Gasteiger partial charge in [0, 0.05) is 12.4 Å². The van der Waals surface area contributed by atoms with E-state index < -0.39 is 42.6 Å². The molecule has 1 aliphatic rings. The number of aliphatic hydroxyl groups excluding tert-OH is 1. The molecule has 2 aromatic rings. The lowest BCUT2D eigenvalue weighted by atomic mass is 9.99. The molecule has 0 radical (unpaired) electrons. The lowest BCUT2D eigenvalue weighted by molar-refractivity contribution is -0.283. The zero-order valence-corrected chi connectivity index (χ0v) is 17.2. The van der Waals surface area contributed by atoms with Gasteiger partial charge in [0.25, 0.3) is 0 Å². The van der Waals surface area contributed by atoms with Crippen molar-refractivity contribution in [3.8, 4) is 0 Å². The van der Waals surface area contributed by atoms with E-state index in [9.17, 15) is 14.7 Å². The number of alkyl halides is 1. The Morgan fingerprint density at radius 3 is 1.86 bits per heavy atom. The van der Waals surface area contributed by atoms with Crippen LogP contribution in [0.15, 0.2) is 60.7 Å². The Balaban J connectivity index is 1.85. The van der Waals surface area contributed by atoms with Crippen LogP contribution in [-0.4, -0.2) is 60.2 Å². The topological polar surface area (TPSA) is 91.3 Å². The number of esters is 2. The number of carbonyl (C=O) groups is 2. The summed E-state index contributed by atoms with van der Waals surface area (Å²) < 4.78 is 22.1. The van der Waals surface area contributed by atoms with Gasteiger partial charge in [0.2, 0.25) is 0 Å². The van der Waals surface area contributed by atoms with E-state index in [-0.39, 0.29) is 5.33 Å². The molecule has 7 nitrogen and oxygen atoms in total. The zero-order chi connectivity index (χ0) is 20.8. The Morgan fingerprint density at radius 2 is 1.41 bits per heavy atom. The summed E-state index contributed by atoms with van der Waals surface area (Å²) in [5.74, 6) is -1.30. The molecule has 1 N–H and O–H groups in total. The van der Waals surface area contributed by atoms with Crippen LogP contribution in [0.4, 0.5) is 0 Å². The second-order valence-electron chi connectivity index (χ2n) is 6.40. The van der Waals surface area contributed by atoms with E-state index >= 15 is 0 Å². The first-order chi connectivity index (χ1) is 14.0. The Kier molecular flexibility index (Phi) is 7.38. The zero-order valence-electron chi connectivity index (χ0n) is 15.6. The molecule has 8 heteroatoms. The van der Waals surface area contributed by atoms with E-state index in [0.717, 1.165) is 0 Å². The molecule has 2 aromatic carbocycles. The van der Waals surface area contributed by atoms with Gasteiger partial charge in [-0.3, -0.25) is 0 Å². The summed E-state index contributed by atoms with van der Waals surface area (Å²) in [7, 11) is 1.38. The second kappa shape index (κ2) is 9.98. The first-order valence-corrected chi connectivity index (χ1v) is 10.1. The van der Waals surface area contributed by atoms with E-state index in [2.05, 4.69) is 15.9 Å². The highest BCUT2D eigenvalue weighted by Gasteiger charge is 2.49. The van der Waals surface area contributed by atoms with Crippen LogP contribution in [0.2, 0.25) is 0 Å². The molecule has 0 aliphatic carbocycles. The van der Waals surface area contributed by atoms with Crippen LogP contribution in [0.1, 0.15) is 20.7 Å². The lowest BCUT2D eigenvalue weighted by Crippen LogP contribution is -2.61. The van der Waals surface area contributed by atoms with Gasteiger partial charge >= 0.3 is 11.9 Å². The largest absolute Gasteiger partial charge is 0.452 e. The number of ether oxygens (including phenoxy) is 4. The van der Waals surface area contributed by atoms with Gasteiger partial charge in [-0.15, -0.1) is 0 Å². The minimum atomic E-state index is -1.23. The molecule has 0 saturated carbocycles. The number of rotatable bonds is 6. The Hall–Kier alpha value is -2.26. The number of hydrogen-bond acceptors (Lipinski definition) is 7. The maximum absolute atomic E-state index is 12.6. The summed E-state index contributed by atoms with van der Waals surface area (Å²) in [6.07, 6.45) is -5.33. The minimum Gasteiger partial charge on any atom is -0.452 e. The van der Waals surface area contributed by atoms with Gasteiger partial charge < -0.3 is 24.1 Å². The van der Waals surface area contributed by atoms with Crippen molar-refractivity contribution in [3.63, 3.8) is 0 Å². The highest BCUT2D eigenvalue weighted by molar-refractivity contribution is 9.09. The fourth-order valence-corrected chi connectivity index (χ4v) is 3.54. The summed E-state index contributed by atoms with van der Waals surface area (Å²) in [5.41, 5.74) is 0.622. The van der Waals surface area contributed by atoms with Gasteiger partial charge in [-0.25, -0.2) is 9.59 Å². The number of hydrogen-bond donors (Lipinski definition) is 1. The quantitative estimate of drug-likeness (QED) is 0.518. The molecule has 0 bridgehead atoms. The van der Waals surface area contributed by atoms with Gasteiger partial charge in [0.1, 0.15) is 12.2 Å². The predicted octanol–water partition coefficient (Wildman–Crippen LogP) is 2.56. The summed E-state index contributed by atoms with van der Waals surface area (Å²) in [5, 5.41) is 11.0. The molecule has 154 valence electrons. The molecule has 0 unspecified atom stereocenters. The highest BCUT2D eigenvalue weighted by atomic mass is 79.9. The van der Waals surface area contributed by atoms with E-state index in [1.807, 2.05) is 0 Å². The summed E-state index contributed by atoms with van der Waals surface area (Å²) >= 11 is 3.27. The molecular weight excluding hydrogens is 444 g/mol. The minimum absolute atomic E-state index is 0.271. The molecule has 5 atom stereocenters. The van der Waals surface area contributed by atoms with Crippen LogP contribution >= 0.6 is 15.9 Å². The van der Waals surface area contributed by atoms with Crippen molar-refractivity contribution in [2.45, 2.75) is 30.7 Å². The van der Waals surface area contributed by atoms with Crippen molar-refractivity contribution < 1.29 is 33.6 Å². The van der Waals surface area contributed by atoms with Gasteiger partial charge in [-0.2, -0.15) is 0 Å². The fourth-order valence-electron chi connectivity index (χ4n) is 3.00. The molecule has 1 fully saturated rings. The van der Waals surface area contributed by atoms with Crippen LogP contribution in [0.5, 0.6) is 0 Å². The van der Waals surface area contributed by atoms with E-state index in [0.29, 0.717) is 11.1 Å². The van der Waals surface area contributed by atoms with Crippen LogP contribution in [0.25, 0.3) is 0 Å². The van der Waals surface area contributed by atoms with Gasteiger partial charge in [-0.05, 0) is 24.3 Å². The third kappa shape index (κ3) is 5.02. The van der Waals surface area contributed by atoms with Crippen molar-refractivity contribution in [2.75, 3.05) is 12.4 Å². The Morgan fingerprint density at radius 1 is 0.931 bits per heavy atom. The molecule has 0 spiro atoms. The SMILES string of the molecule is CO[C@H]1O[C@H](CBr)[C@@H](O)[C@H](OC(=O)c2ccccc2)[C@H]1OC(=O)c1ccccc1. The number of halogens is 1. The van der Waals surface area contributed by atoms with Crippen molar-refractivity contribution in [2.24, 2.45) is 0 Å². The highest BCUT2D eigenvalue weighted by Crippen LogP contribution is 2.29. The molecule has 1 saturated heterocycles. The lowest BCUT2D eigenvalue weighted by Gasteiger charge is -2.42. The van der Waals surface area contributed by atoms with Gasteiger partial charge in [0.15, 0.2) is 18.5 Å². The van der Waals surface area contributed by atoms with E-state index in [1.54, 1.807) is 60.7 Å². The van der Waals surface area contributed by atoms with Crippen molar-refractivity contribution >= 4 is 27.9 Å². The summed E-state index contributed by atoms with van der Waals surface area (Å²) in [4.78, 5) is 25.2. The number of aliphatic hydroxyl groups is 1. The Bertz CT molecular complexity index is 814. The smallest absolute Gasteiger partial charge is 0.338 e. The number of methoxy groups -OCH3 is 1. The van der Waals surface area contributed by atoms with Gasteiger partial charge in [0.05, 0.1) is 11.1 Å². The second-order valence-corrected chi connectivity index (χ2v) is 7.04. The maximum atomic E-state index is 12.6. The standard InChI is InChI=1S/C21H21BrO7/c1-26-21-18(29-20(25)14-10-6-3-7-11-14)17(16(23)15(12-22)27-21)28-19(24)13-8-4-2-5-9-13/h2-11,15-18,21,23H,12H2,1H3/t15-,16-,17+,18-,21+/m1/s1. The van der Waals surface area contributed by atoms with Crippen molar-refractivity contribution in [3.05, 3.63) is 71.8 Å². The van der Waals surface area contributed by atoms with Gasteiger partial charge in [-0.1, -0.05) is 52.3 Å². The molecule has 0 amide bonds. The molecule has 1 heterocycles. The predicted molar refractivity (Wildman–Crippen MR) is 107 cm³/mol. The molecule has 3 rings (SSSR count). The summed E-state index contributed by atoms with van der Waals surface area (Å²) in [6, 6.07) is 16.7. The third-order valence-corrected chi connectivity index (χ3v) is 5.15. The van der Waals surface area contributed by atoms with Crippen LogP contribution < -0.4 is 0 Å². The summed E-state index contributed by atoms with van der Waals surface area (Å²) in [6.45, 7) is 0. The molecule has 1 aliphatic heterocycles. The average Bonchev–Trinajstić information content (AvgIpc) is 2.77. The fraction of sp³-hybridized carbons (Fsp3) is 0.333. The molecular formula is C21H21BrO7. The average molecular weight is 465 g/mol. The first-order valence-electron chi connectivity index (χ1n) is 8.99. The monoisotopic (exact) mass is 464 g/mol. The molecule has 0 aromatic heterocycles. The third-order valence-electron chi connectivity index (χ3n) is 4.51. The number of benzene rings is 2. The van der Waals surface area contributed by atoms with Crippen molar-refractivity contribution in [1.29, 1.82) is 0 Å². The first kappa shape index (κ1) is 21.4. The van der Waals surface area contributed by atoms with Crippen LogP contribution in [0.3, 0.4) is 0 Å². The van der Waals surface area contributed by atoms with Crippen molar-refractivity contribution in [1.82, 2.24) is 0 Å². The maximum Gasteiger partial charge on any atom is 0.338 e. The Labute approximate surface area is 176 Å².